The summed E-state index contributed by atoms with van der Waals surface area (Å²) in [4.78, 5) is 12.3. The van der Waals surface area contributed by atoms with Crippen LogP contribution in [0.2, 0.25) is 0 Å². The highest BCUT2D eigenvalue weighted by atomic mass is 16.1. The van der Waals surface area contributed by atoms with E-state index < -0.39 is 0 Å². The Balaban J connectivity index is 1.54. The highest BCUT2D eigenvalue weighted by Gasteiger charge is 2.21. The van der Waals surface area contributed by atoms with Crippen LogP contribution in [0.1, 0.15) is 25.3 Å². The minimum Gasteiger partial charge on any atom is -0.353 e. The van der Waals surface area contributed by atoms with Crippen molar-refractivity contribution in [3.8, 4) is 11.1 Å². The Bertz CT molecular complexity index is 645. The van der Waals surface area contributed by atoms with Gasteiger partial charge in [-0.2, -0.15) is 0 Å². The first-order chi connectivity index (χ1) is 11.7. The molecule has 1 amide bonds. The fourth-order valence-corrected chi connectivity index (χ4v) is 3.31. The predicted molar refractivity (Wildman–Crippen MR) is 98.8 cm³/mol. The first-order valence-corrected chi connectivity index (χ1v) is 8.88. The Kier molecular flexibility index (Phi) is 5.65. The molecular formula is C21H26N2O. The van der Waals surface area contributed by atoms with E-state index in [9.17, 15) is 4.79 Å². The smallest absolute Gasteiger partial charge is 0.223 e. The van der Waals surface area contributed by atoms with Crippen molar-refractivity contribution in [1.82, 2.24) is 10.6 Å². The monoisotopic (exact) mass is 322 g/mol. The number of amides is 1. The minimum atomic E-state index is 0.162. The van der Waals surface area contributed by atoms with Crippen molar-refractivity contribution in [3.63, 3.8) is 0 Å². The predicted octanol–water partition coefficient (Wildman–Crippen LogP) is 3.40. The van der Waals surface area contributed by atoms with Crippen LogP contribution in [0.25, 0.3) is 11.1 Å². The number of rotatable bonds is 5. The van der Waals surface area contributed by atoms with Gasteiger partial charge in [-0.1, -0.05) is 54.6 Å². The van der Waals surface area contributed by atoms with E-state index in [1.54, 1.807) is 0 Å². The molecule has 24 heavy (non-hydrogen) atoms. The first-order valence-electron chi connectivity index (χ1n) is 8.88. The lowest BCUT2D eigenvalue weighted by Crippen LogP contribution is -2.42. The number of carbonyl (C=O) groups is 1. The van der Waals surface area contributed by atoms with Gasteiger partial charge < -0.3 is 10.6 Å². The molecule has 0 bridgehead atoms. The lowest BCUT2D eigenvalue weighted by Gasteiger charge is -2.24. The van der Waals surface area contributed by atoms with Crippen LogP contribution in [-0.4, -0.2) is 25.0 Å². The summed E-state index contributed by atoms with van der Waals surface area (Å²) in [5.41, 5.74) is 3.72. The molecule has 1 heterocycles. The second kappa shape index (κ2) is 8.11. The summed E-state index contributed by atoms with van der Waals surface area (Å²) < 4.78 is 0. The van der Waals surface area contributed by atoms with E-state index in [0.717, 1.165) is 32.4 Å². The minimum absolute atomic E-state index is 0.162. The van der Waals surface area contributed by atoms with Crippen molar-refractivity contribution in [2.24, 2.45) is 5.92 Å². The fourth-order valence-electron chi connectivity index (χ4n) is 3.31. The van der Waals surface area contributed by atoms with Gasteiger partial charge in [0, 0.05) is 12.0 Å². The normalized spacial score (nSPS) is 16.5. The molecule has 0 aliphatic carbocycles. The van der Waals surface area contributed by atoms with Crippen molar-refractivity contribution in [2.45, 2.75) is 32.2 Å². The molecule has 3 rings (SSSR count). The summed E-state index contributed by atoms with van der Waals surface area (Å²) in [5, 5.41) is 6.48. The van der Waals surface area contributed by atoms with Crippen molar-refractivity contribution in [3.05, 3.63) is 60.2 Å². The molecule has 0 radical (unpaired) electrons. The maximum absolute atomic E-state index is 12.3. The number of benzene rings is 2. The van der Waals surface area contributed by atoms with Crippen molar-refractivity contribution >= 4 is 5.91 Å². The number of hydrogen-bond acceptors (Lipinski definition) is 2. The van der Waals surface area contributed by atoms with Crippen LogP contribution in [0.3, 0.4) is 0 Å². The molecule has 2 aromatic carbocycles. The topological polar surface area (TPSA) is 41.1 Å². The molecule has 3 nitrogen and oxygen atoms in total. The fraction of sp³-hybridized carbons (Fsp3) is 0.381. The summed E-state index contributed by atoms with van der Waals surface area (Å²) in [7, 11) is 0. The Morgan fingerprint density at radius 1 is 1.04 bits per heavy atom. The summed E-state index contributed by atoms with van der Waals surface area (Å²) in [6.07, 6.45) is 2.76. The van der Waals surface area contributed by atoms with E-state index in [4.69, 9.17) is 0 Å². The Morgan fingerprint density at radius 3 is 2.33 bits per heavy atom. The van der Waals surface area contributed by atoms with Crippen LogP contribution in [0.4, 0.5) is 0 Å². The maximum Gasteiger partial charge on any atom is 0.223 e. The lowest BCUT2D eigenvalue weighted by atomic mass is 9.96. The Labute approximate surface area is 144 Å². The third kappa shape index (κ3) is 4.45. The lowest BCUT2D eigenvalue weighted by molar-refractivity contribution is -0.126. The molecule has 1 aliphatic rings. The quantitative estimate of drug-likeness (QED) is 0.886. The summed E-state index contributed by atoms with van der Waals surface area (Å²) in [5.74, 6) is 0.388. The van der Waals surface area contributed by atoms with Crippen LogP contribution in [0.5, 0.6) is 0 Å². The average molecular weight is 322 g/mol. The molecule has 1 saturated heterocycles. The second-order valence-corrected chi connectivity index (χ2v) is 6.70. The summed E-state index contributed by atoms with van der Waals surface area (Å²) in [6, 6.07) is 19.2. The number of piperidine rings is 1. The van der Waals surface area contributed by atoms with E-state index >= 15 is 0 Å². The Hall–Kier alpha value is -2.13. The third-order valence-corrected chi connectivity index (χ3v) is 4.70. The van der Waals surface area contributed by atoms with Gasteiger partial charge >= 0.3 is 0 Å². The summed E-state index contributed by atoms with van der Waals surface area (Å²) in [6.45, 7) is 3.99. The van der Waals surface area contributed by atoms with E-state index in [-0.39, 0.29) is 17.9 Å². The zero-order chi connectivity index (χ0) is 16.8. The van der Waals surface area contributed by atoms with E-state index in [1.165, 1.54) is 16.7 Å². The van der Waals surface area contributed by atoms with Gasteiger partial charge in [0.05, 0.1) is 0 Å². The zero-order valence-electron chi connectivity index (χ0n) is 14.3. The van der Waals surface area contributed by atoms with Gasteiger partial charge in [0.1, 0.15) is 0 Å². The molecule has 2 N–H and O–H groups in total. The molecule has 1 aliphatic heterocycles. The molecule has 3 heteroatoms. The highest BCUT2D eigenvalue weighted by molar-refractivity contribution is 5.79. The van der Waals surface area contributed by atoms with Gasteiger partial charge in [-0.3, -0.25) is 4.79 Å². The van der Waals surface area contributed by atoms with Crippen LogP contribution in [0, 0.1) is 5.92 Å². The second-order valence-electron chi connectivity index (χ2n) is 6.70. The molecule has 0 saturated carbocycles. The van der Waals surface area contributed by atoms with Gasteiger partial charge in [0.25, 0.3) is 0 Å². The molecule has 0 spiro atoms. The number of nitrogens with one attached hydrogen (secondary N) is 2. The Morgan fingerprint density at radius 2 is 1.67 bits per heavy atom. The zero-order valence-corrected chi connectivity index (χ0v) is 14.3. The largest absolute Gasteiger partial charge is 0.353 e. The third-order valence-electron chi connectivity index (χ3n) is 4.70. The van der Waals surface area contributed by atoms with Gasteiger partial charge in [-0.15, -0.1) is 0 Å². The summed E-state index contributed by atoms with van der Waals surface area (Å²) >= 11 is 0. The number of carbonyl (C=O) groups excluding carboxylic acids is 1. The van der Waals surface area contributed by atoms with Crippen LogP contribution >= 0.6 is 0 Å². The molecular weight excluding hydrogens is 296 g/mol. The molecule has 1 fully saturated rings. The molecule has 2 aromatic rings. The van der Waals surface area contributed by atoms with Crippen LogP contribution < -0.4 is 10.6 Å². The highest BCUT2D eigenvalue weighted by Crippen LogP contribution is 2.20. The van der Waals surface area contributed by atoms with Crippen molar-refractivity contribution < 1.29 is 4.79 Å². The van der Waals surface area contributed by atoms with Gasteiger partial charge in [0.2, 0.25) is 5.91 Å². The SMILES string of the molecule is C[C@@H](Cc1ccc(-c2ccccc2)cc1)NC(=O)C1CCNCC1. The van der Waals surface area contributed by atoms with Crippen molar-refractivity contribution in [2.75, 3.05) is 13.1 Å². The van der Waals surface area contributed by atoms with Crippen LogP contribution in [0.15, 0.2) is 54.6 Å². The van der Waals surface area contributed by atoms with E-state index in [1.807, 2.05) is 6.07 Å². The van der Waals surface area contributed by atoms with E-state index in [0.29, 0.717) is 0 Å². The van der Waals surface area contributed by atoms with Gasteiger partial charge in [-0.05, 0) is 56.0 Å². The molecule has 126 valence electrons. The molecule has 1 atom stereocenters. The van der Waals surface area contributed by atoms with Gasteiger partial charge in [-0.25, -0.2) is 0 Å². The molecule has 0 aromatic heterocycles. The maximum atomic E-state index is 12.3. The first kappa shape index (κ1) is 16.7. The average Bonchev–Trinajstić information content (AvgIpc) is 2.64. The molecule has 0 unspecified atom stereocenters. The van der Waals surface area contributed by atoms with Crippen molar-refractivity contribution in [1.29, 1.82) is 0 Å². The van der Waals surface area contributed by atoms with Crippen LogP contribution in [-0.2, 0) is 11.2 Å². The number of hydrogen-bond donors (Lipinski definition) is 2. The van der Waals surface area contributed by atoms with Gasteiger partial charge in [0.15, 0.2) is 0 Å². The standard InChI is InChI=1S/C21H26N2O/c1-16(23-21(24)20-11-13-22-14-12-20)15-17-7-9-19(10-8-17)18-5-3-2-4-6-18/h2-10,16,20,22H,11-15H2,1H3,(H,23,24)/t16-/m0/s1. The van der Waals surface area contributed by atoms with E-state index in [2.05, 4.69) is 66.1 Å².